The van der Waals surface area contributed by atoms with Crippen LogP contribution in [-0.2, 0) is 24.2 Å². The third-order valence-corrected chi connectivity index (χ3v) is 5.20. The highest BCUT2D eigenvalue weighted by Gasteiger charge is 2.26. The molecule has 1 aromatic carbocycles. The summed E-state index contributed by atoms with van der Waals surface area (Å²) < 4.78 is 9.81. The summed E-state index contributed by atoms with van der Waals surface area (Å²) >= 11 is 3.45. The number of halogens is 1. The lowest BCUT2D eigenvalue weighted by Gasteiger charge is -2.13. The minimum atomic E-state index is -0.316. The fourth-order valence-corrected chi connectivity index (χ4v) is 3.65. The van der Waals surface area contributed by atoms with Crippen molar-refractivity contribution in [3.05, 3.63) is 58.1 Å². The number of esters is 1. The normalized spacial score (nSPS) is 13.5. The van der Waals surface area contributed by atoms with E-state index < -0.39 is 0 Å². The number of rotatable bonds is 4. The van der Waals surface area contributed by atoms with Crippen LogP contribution < -0.4 is 0 Å². The largest absolute Gasteiger partial charge is 0.465 e. The molecule has 0 bridgehead atoms. The zero-order chi connectivity index (χ0) is 18.1. The minimum absolute atomic E-state index is 0.316. The van der Waals surface area contributed by atoms with Gasteiger partial charge >= 0.3 is 5.97 Å². The van der Waals surface area contributed by atoms with Crippen LogP contribution in [0, 0.1) is 0 Å². The summed E-state index contributed by atoms with van der Waals surface area (Å²) in [5.41, 5.74) is 4.43. The molecule has 4 rings (SSSR count). The number of ether oxygens (including phenoxy) is 1. The van der Waals surface area contributed by atoms with E-state index in [1.54, 1.807) is 0 Å². The number of hydrogen-bond donors (Lipinski definition) is 0. The van der Waals surface area contributed by atoms with Gasteiger partial charge < -0.3 is 4.74 Å². The van der Waals surface area contributed by atoms with E-state index in [0.29, 0.717) is 12.1 Å². The predicted molar refractivity (Wildman–Crippen MR) is 101 cm³/mol. The second-order valence-corrected chi connectivity index (χ2v) is 7.29. The summed E-state index contributed by atoms with van der Waals surface area (Å²) in [6, 6.07) is 8.10. The Labute approximate surface area is 159 Å². The first-order valence-corrected chi connectivity index (χ1v) is 9.40. The molecular weight excluding hydrogens is 396 g/mol. The number of hydrogen-bond acceptors (Lipinski definition) is 4. The van der Waals surface area contributed by atoms with Gasteiger partial charge in [-0.3, -0.25) is 9.36 Å². The van der Waals surface area contributed by atoms with Crippen LogP contribution >= 0.6 is 15.9 Å². The van der Waals surface area contributed by atoms with Gasteiger partial charge in [0.1, 0.15) is 5.56 Å². The Kier molecular flexibility index (Phi) is 4.63. The van der Waals surface area contributed by atoms with E-state index in [1.807, 2.05) is 46.0 Å². The van der Waals surface area contributed by atoms with Crippen molar-refractivity contribution in [2.24, 2.45) is 0 Å². The second-order valence-electron chi connectivity index (χ2n) is 6.37. The Morgan fingerprint density at radius 3 is 2.81 bits per heavy atom. The van der Waals surface area contributed by atoms with Crippen molar-refractivity contribution in [1.29, 1.82) is 0 Å². The molecule has 7 heteroatoms. The van der Waals surface area contributed by atoms with Gasteiger partial charge in [-0.1, -0.05) is 28.1 Å². The topological polar surface area (TPSA) is 61.9 Å². The molecule has 0 N–H and O–H groups in total. The second kappa shape index (κ2) is 7.07. The molecule has 1 aliphatic rings. The molecule has 0 spiro atoms. The zero-order valence-electron chi connectivity index (χ0n) is 14.5. The highest BCUT2D eigenvalue weighted by atomic mass is 79.9. The first-order valence-electron chi connectivity index (χ1n) is 8.61. The van der Waals surface area contributed by atoms with Gasteiger partial charge in [0, 0.05) is 22.8 Å². The van der Waals surface area contributed by atoms with Crippen LogP contribution in [-0.4, -0.2) is 32.6 Å². The molecule has 134 valence electrons. The summed E-state index contributed by atoms with van der Waals surface area (Å²) in [7, 11) is 1.42. The lowest BCUT2D eigenvalue weighted by Crippen LogP contribution is -2.14. The van der Waals surface area contributed by atoms with Crippen LogP contribution in [0.2, 0.25) is 0 Å². The molecule has 0 unspecified atom stereocenters. The third-order valence-electron chi connectivity index (χ3n) is 4.68. The zero-order valence-corrected chi connectivity index (χ0v) is 16.1. The number of methoxy groups -OCH3 is 1. The predicted octanol–water partition coefficient (Wildman–Crippen LogP) is 3.68. The maximum atomic E-state index is 12.3. The maximum absolute atomic E-state index is 12.3. The van der Waals surface area contributed by atoms with Gasteiger partial charge in [-0.05, 0) is 37.0 Å². The van der Waals surface area contributed by atoms with Crippen molar-refractivity contribution in [3.8, 4) is 11.1 Å². The van der Waals surface area contributed by atoms with E-state index in [4.69, 9.17) is 4.74 Å². The van der Waals surface area contributed by atoms with Crippen LogP contribution in [0.15, 0.2) is 41.1 Å². The van der Waals surface area contributed by atoms with Crippen molar-refractivity contribution < 1.29 is 9.53 Å². The number of carbonyl (C=O) groups is 1. The molecule has 0 fully saturated rings. The number of fused-ring (bicyclic) bond motifs is 1. The number of carbonyl (C=O) groups excluding carboxylic acids is 1. The Bertz CT molecular complexity index is 943. The summed E-state index contributed by atoms with van der Waals surface area (Å²) in [5.74, 6) is -0.316. The van der Waals surface area contributed by atoms with E-state index in [-0.39, 0.29) is 5.97 Å². The highest BCUT2D eigenvalue weighted by molar-refractivity contribution is 9.10. The quantitative estimate of drug-likeness (QED) is 0.610. The van der Waals surface area contributed by atoms with Crippen LogP contribution in [0.25, 0.3) is 11.1 Å². The van der Waals surface area contributed by atoms with Gasteiger partial charge in [-0.15, -0.1) is 0 Å². The third kappa shape index (κ3) is 3.19. The molecule has 0 aliphatic carbocycles. The van der Waals surface area contributed by atoms with Gasteiger partial charge in [0.05, 0.1) is 31.2 Å². The van der Waals surface area contributed by atoms with E-state index in [9.17, 15) is 4.79 Å². The van der Waals surface area contributed by atoms with Crippen molar-refractivity contribution in [2.45, 2.75) is 32.4 Å². The summed E-state index contributed by atoms with van der Waals surface area (Å²) in [4.78, 5) is 12.3. The number of nitrogens with zero attached hydrogens (tertiary/aromatic N) is 4. The van der Waals surface area contributed by atoms with Crippen molar-refractivity contribution in [3.63, 3.8) is 0 Å². The van der Waals surface area contributed by atoms with E-state index in [0.717, 1.165) is 52.8 Å². The van der Waals surface area contributed by atoms with E-state index in [1.165, 1.54) is 7.11 Å². The molecular formula is C19H19BrN4O2. The number of benzene rings is 1. The average Bonchev–Trinajstić information content (AvgIpc) is 3.26. The molecule has 0 saturated carbocycles. The Hall–Kier alpha value is -2.41. The summed E-state index contributed by atoms with van der Waals surface area (Å²) in [6.45, 7) is 1.30. The standard InChI is InChI=1S/C19H19BrN4O2/c1-26-19(25)18-16(22-24-9-3-2-4-17(18)24)12-23-11-14(10-21-23)13-5-7-15(20)8-6-13/h5-8,10-11H,2-4,9,12H2,1H3. The van der Waals surface area contributed by atoms with Gasteiger partial charge in [0.25, 0.3) is 0 Å². The molecule has 0 amide bonds. The van der Waals surface area contributed by atoms with E-state index in [2.05, 4.69) is 26.1 Å². The minimum Gasteiger partial charge on any atom is -0.465 e. The van der Waals surface area contributed by atoms with Crippen LogP contribution in [0.1, 0.15) is 34.6 Å². The van der Waals surface area contributed by atoms with Crippen molar-refractivity contribution >= 4 is 21.9 Å². The van der Waals surface area contributed by atoms with Crippen LogP contribution in [0.3, 0.4) is 0 Å². The molecule has 3 aromatic rings. The molecule has 3 heterocycles. The fourth-order valence-electron chi connectivity index (χ4n) is 3.39. The Balaban J connectivity index is 1.64. The summed E-state index contributed by atoms with van der Waals surface area (Å²) in [6.07, 6.45) is 6.83. The lowest BCUT2D eigenvalue weighted by molar-refractivity contribution is 0.0597. The number of aryl methyl sites for hydroxylation is 1. The molecule has 1 aliphatic heterocycles. The Morgan fingerprint density at radius 2 is 2.04 bits per heavy atom. The van der Waals surface area contributed by atoms with Gasteiger partial charge in [-0.2, -0.15) is 10.2 Å². The van der Waals surface area contributed by atoms with Crippen LogP contribution in [0.5, 0.6) is 0 Å². The molecule has 0 radical (unpaired) electrons. The molecule has 26 heavy (non-hydrogen) atoms. The van der Waals surface area contributed by atoms with Gasteiger partial charge in [0.2, 0.25) is 0 Å². The SMILES string of the molecule is COC(=O)c1c(Cn2cc(-c3ccc(Br)cc3)cn2)nn2c1CCCC2. The maximum Gasteiger partial charge on any atom is 0.341 e. The first kappa shape index (κ1) is 17.0. The molecule has 0 saturated heterocycles. The highest BCUT2D eigenvalue weighted by Crippen LogP contribution is 2.25. The van der Waals surface area contributed by atoms with Gasteiger partial charge in [0.15, 0.2) is 0 Å². The fraction of sp³-hybridized carbons (Fsp3) is 0.316. The molecule has 2 aromatic heterocycles. The molecule has 0 atom stereocenters. The average molecular weight is 415 g/mol. The number of aromatic nitrogens is 4. The first-order chi connectivity index (χ1) is 12.7. The van der Waals surface area contributed by atoms with Gasteiger partial charge in [-0.25, -0.2) is 4.79 Å². The monoisotopic (exact) mass is 414 g/mol. The van der Waals surface area contributed by atoms with E-state index >= 15 is 0 Å². The smallest absolute Gasteiger partial charge is 0.341 e. The lowest BCUT2D eigenvalue weighted by atomic mass is 10.0. The van der Waals surface area contributed by atoms with Crippen molar-refractivity contribution in [2.75, 3.05) is 7.11 Å². The van der Waals surface area contributed by atoms with Crippen molar-refractivity contribution in [1.82, 2.24) is 19.6 Å². The summed E-state index contributed by atoms with van der Waals surface area (Å²) in [5, 5.41) is 9.10. The molecule has 6 nitrogen and oxygen atoms in total. The van der Waals surface area contributed by atoms with Crippen LogP contribution in [0.4, 0.5) is 0 Å². The Morgan fingerprint density at radius 1 is 1.23 bits per heavy atom.